The van der Waals surface area contributed by atoms with Crippen LogP contribution < -0.4 is 10.6 Å². The number of hydrogen-bond donors (Lipinski definition) is 2. The fourth-order valence-corrected chi connectivity index (χ4v) is 5.97. The highest BCUT2D eigenvalue weighted by molar-refractivity contribution is 7.98. The lowest BCUT2D eigenvalue weighted by Crippen LogP contribution is -2.31. The van der Waals surface area contributed by atoms with Crippen LogP contribution in [0.1, 0.15) is 35.5 Å². The van der Waals surface area contributed by atoms with E-state index in [1.54, 1.807) is 32.7 Å². The van der Waals surface area contributed by atoms with Crippen LogP contribution in [0, 0.1) is 0 Å². The highest BCUT2D eigenvalue weighted by Gasteiger charge is 2.26. The summed E-state index contributed by atoms with van der Waals surface area (Å²) < 4.78 is 33.1. The van der Waals surface area contributed by atoms with Gasteiger partial charge in [0.15, 0.2) is 0 Å². The van der Waals surface area contributed by atoms with Crippen molar-refractivity contribution in [2.75, 3.05) is 38.7 Å². The molecule has 0 saturated carbocycles. The molecule has 180 valence electrons. The fourth-order valence-electron chi connectivity index (χ4n) is 3.48. The molecule has 0 atom stereocenters. The third-order valence-corrected chi connectivity index (χ3v) is 8.27. The summed E-state index contributed by atoms with van der Waals surface area (Å²) in [6, 6.07) is 5.84. The molecule has 0 saturated heterocycles. The van der Waals surface area contributed by atoms with Crippen LogP contribution >= 0.6 is 11.8 Å². The molecule has 0 bridgehead atoms. The van der Waals surface area contributed by atoms with Gasteiger partial charge in [-0.05, 0) is 24.3 Å². The van der Waals surface area contributed by atoms with Crippen molar-refractivity contribution in [1.82, 2.24) is 19.4 Å². The normalized spacial score (nSPS) is 13.2. The van der Waals surface area contributed by atoms with E-state index in [1.807, 2.05) is 0 Å². The molecule has 2 N–H and O–H groups in total. The molecule has 1 aliphatic heterocycles. The molecule has 0 fully saturated rings. The first-order valence-electron chi connectivity index (χ1n) is 10.6. The molecule has 0 unspecified atom stereocenters. The second-order valence-electron chi connectivity index (χ2n) is 7.33. The van der Waals surface area contributed by atoms with Crippen molar-refractivity contribution in [2.45, 2.75) is 36.8 Å². The van der Waals surface area contributed by atoms with Gasteiger partial charge in [0.2, 0.25) is 15.9 Å². The van der Waals surface area contributed by atoms with E-state index in [9.17, 15) is 18.0 Å². The lowest BCUT2D eigenvalue weighted by atomic mass is 10.2. The summed E-state index contributed by atoms with van der Waals surface area (Å²) >= 11 is 1.69. The number of fused-ring (bicyclic) bond motifs is 1. The van der Waals surface area contributed by atoms with Crippen molar-refractivity contribution >= 4 is 39.4 Å². The molecular weight excluding hydrogens is 466 g/mol. The van der Waals surface area contributed by atoms with E-state index < -0.39 is 15.9 Å². The summed E-state index contributed by atoms with van der Waals surface area (Å²) in [6.45, 7) is 5.05. The molecule has 1 aromatic heterocycles. The van der Waals surface area contributed by atoms with E-state index in [1.165, 1.54) is 33.3 Å². The Morgan fingerprint density at radius 2 is 1.88 bits per heavy atom. The number of sulfonamides is 1. The van der Waals surface area contributed by atoms with Crippen molar-refractivity contribution in [1.29, 1.82) is 0 Å². The molecule has 0 aliphatic carbocycles. The van der Waals surface area contributed by atoms with Crippen LogP contribution in [0.3, 0.4) is 0 Å². The molecule has 2 aromatic rings. The van der Waals surface area contributed by atoms with Crippen molar-refractivity contribution in [3.8, 4) is 0 Å². The van der Waals surface area contributed by atoms with Crippen molar-refractivity contribution in [3.05, 3.63) is 41.1 Å². The maximum atomic E-state index is 12.9. The Balaban J connectivity index is 1.77. The van der Waals surface area contributed by atoms with Crippen LogP contribution in [0.5, 0.6) is 0 Å². The predicted molar refractivity (Wildman–Crippen MR) is 127 cm³/mol. The van der Waals surface area contributed by atoms with E-state index >= 15 is 0 Å². The Morgan fingerprint density at radius 3 is 2.52 bits per heavy atom. The summed E-state index contributed by atoms with van der Waals surface area (Å²) in [5, 5.41) is 10.1. The topological polar surface area (TPSA) is 123 Å². The molecule has 33 heavy (non-hydrogen) atoms. The summed E-state index contributed by atoms with van der Waals surface area (Å²) in [4.78, 5) is 25.3. The molecule has 2 amide bonds. The smallest absolute Gasteiger partial charge is 0.256 e. The summed E-state index contributed by atoms with van der Waals surface area (Å²) in [5.74, 6) is 1.26. The molecule has 1 aromatic carbocycles. The Labute approximate surface area is 198 Å². The number of ether oxygens (including phenoxy) is 1. The quantitative estimate of drug-likeness (QED) is 0.455. The van der Waals surface area contributed by atoms with E-state index in [0.29, 0.717) is 49.1 Å². The van der Waals surface area contributed by atoms with Crippen LogP contribution in [-0.4, -0.2) is 67.7 Å². The summed E-state index contributed by atoms with van der Waals surface area (Å²) in [6.07, 6.45) is 0. The number of anilines is 1. The van der Waals surface area contributed by atoms with Gasteiger partial charge in [-0.3, -0.25) is 9.59 Å². The first kappa shape index (κ1) is 25.2. The summed E-state index contributed by atoms with van der Waals surface area (Å²) in [7, 11) is -2.04. The zero-order valence-corrected chi connectivity index (χ0v) is 20.6. The first-order chi connectivity index (χ1) is 15.8. The maximum Gasteiger partial charge on any atom is 0.256 e. The average Bonchev–Trinajstić information content (AvgIpc) is 3.37. The molecule has 2 heterocycles. The fraction of sp³-hybridized carbons (Fsp3) is 0.476. The minimum absolute atomic E-state index is 0.0297. The zero-order valence-electron chi connectivity index (χ0n) is 19.0. The number of aromatic nitrogens is 2. The van der Waals surface area contributed by atoms with Gasteiger partial charge in [-0.25, -0.2) is 13.1 Å². The van der Waals surface area contributed by atoms with Gasteiger partial charge in [0, 0.05) is 49.4 Å². The number of nitrogens with one attached hydrogen (secondary N) is 2. The van der Waals surface area contributed by atoms with Crippen molar-refractivity contribution in [3.63, 3.8) is 0 Å². The van der Waals surface area contributed by atoms with E-state index in [0.717, 1.165) is 11.3 Å². The lowest BCUT2D eigenvalue weighted by Gasteiger charge is -2.18. The van der Waals surface area contributed by atoms with Gasteiger partial charge < -0.3 is 15.4 Å². The number of hydrogen-bond acceptors (Lipinski definition) is 7. The van der Waals surface area contributed by atoms with E-state index in [2.05, 4.69) is 15.7 Å². The molecule has 10 nitrogen and oxygen atoms in total. The molecular formula is C21H29N5O5S2. The number of nitrogens with zero attached hydrogens (tertiary/aromatic N) is 3. The SMILES string of the molecule is CCN(CC)S(=O)(=O)c1ccc(C(=O)Nc2c3c(nn2CC(=O)NCCOC)CSC3)cc1. The largest absolute Gasteiger partial charge is 0.383 e. The lowest BCUT2D eigenvalue weighted by molar-refractivity contribution is -0.122. The van der Waals surface area contributed by atoms with E-state index in [-0.39, 0.29) is 17.3 Å². The third kappa shape index (κ3) is 5.75. The van der Waals surface area contributed by atoms with Crippen LogP contribution in [0.2, 0.25) is 0 Å². The monoisotopic (exact) mass is 495 g/mol. The highest BCUT2D eigenvalue weighted by atomic mass is 32.2. The minimum Gasteiger partial charge on any atom is -0.383 e. The van der Waals surface area contributed by atoms with Gasteiger partial charge in [-0.15, -0.1) is 0 Å². The number of thioether (sulfide) groups is 1. The Hall–Kier alpha value is -2.41. The van der Waals surface area contributed by atoms with Crippen LogP contribution in [0.4, 0.5) is 5.82 Å². The molecule has 12 heteroatoms. The Kier molecular flexibility index (Phi) is 8.51. The summed E-state index contributed by atoms with van der Waals surface area (Å²) in [5.41, 5.74) is 2.06. The van der Waals surface area contributed by atoms with Gasteiger partial charge in [0.25, 0.3) is 5.91 Å². The number of benzene rings is 1. The van der Waals surface area contributed by atoms with Gasteiger partial charge >= 0.3 is 0 Å². The van der Waals surface area contributed by atoms with Crippen molar-refractivity contribution in [2.24, 2.45) is 0 Å². The Bertz CT molecular complexity index is 1090. The Morgan fingerprint density at radius 1 is 1.18 bits per heavy atom. The second-order valence-corrected chi connectivity index (χ2v) is 10.3. The minimum atomic E-state index is -3.60. The standard InChI is InChI=1S/C21H29N5O5S2/c1-4-25(5-2)33(29,30)16-8-6-15(7-9-16)21(28)23-20-17-13-32-14-18(17)24-26(20)12-19(27)22-10-11-31-3/h6-9H,4-5,10-14H2,1-3H3,(H,22,27)(H,23,28). The van der Waals surface area contributed by atoms with Gasteiger partial charge in [0.05, 0.1) is 17.2 Å². The molecule has 3 rings (SSSR count). The van der Waals surface area contributed by atoms with Crippen molar-refractivity contribution < 1.29 is 22.7 Å². The first-order valence-corrected chi connectivity index (χ1v) is 13.2. The average molecular weight is 496 g/mol. The highest BCUT2D eigenvalue weighted by Crippen LogP contribution is 2.35. The van der Waals surface area contributed by atoms with Gasteiger partial charge in [0.1, 0.15) is 12.4 Å². The van der Waals surface area contributed by atoms with Crippen LogP contribution in [-0.2, 0) is 37.6 Å². The number of amides is 2. The van der Waals surface area contributed by atoms with Gasteiger partial charge in [-0.1, -0.05) is 13.8 Å². The number of carbonyl (C=O) groups is 2. The number of rotatable bonds is 11. The van der Waals surface area contributed by atoms with Crippen LogP contribution in [0.25, 0.3) is 0 Å². The zero-order chi connectivity index (χ0) is 24.0. The second kappa shape index (κ2) is 11.1. The number of methoxy groups -OCH3 is 1. The van der Waals surface area contributed by atoms with Gasteiger partial charge in [-0.2, -0.15) is 21.2 Å². The maximum absolute atomic E-state index is 12.9. The predicted octanol–water partition coefficient (Wildman–Crippen LogP) is 1.68. The van der Waals surface area contributed by atoms with E-state index in [4.69, 9.17) is 4.74 Å². The molecule has 1 aliphatic rings. The van der Waals surface area contributed by atoms with Crippen LogP contribution in [0.15, 0.2) is 29.2 Å². The molecule has 0 spiro atoms. The third-order valence-electron chi connectivity index (χ3n) is 5.23. The number of carbonyl (C=O) groups excluding carboxylic acids is 2. The molecule has 0 radical (unpaired) electrons.